The molecule has 2 N–H and O–H groups in total. The van der Waals surface area contributed by atoms with Crippen LogP contribution in [0.2, 0.25) is 0 Å². The Labute approximate surface area is 128 Å². The molecule has 0 aliphatic carbocycles. The summed E-state index contributed by atoms with van der Waals surface area (Å²) in [7, 11) is 0. The maximum atomic E-state index is 12.9. The Morgan fingerprint density at radius 1 is 1.09 bits per heavy atom. The molecule has 3 aromatic rings. The number of pyridine rings is 1. The van der Waals surface area contributed by atoms with Gasteiger partial charge in [-0.3, -0.25) is 4.79 Å². The van der Waals surface area contributed by atoms with Crippen molar-refractivity contribution in [2.24, 2.45) is 0 Å². The van der Waals surface area contributed by atoms with Crippen molar-refractivity contribution in [1.29, 1.82) is 0 Å². The largest absolute Gasteiger partial charge is 0.448 e. The second-order valence-corrected chi connectivity index (χ2v) is 4.81. The molecule has 0 saturated carbocycles. The van der Waals surface area contributed by atoms with Crippen LogP contribution in [0.5, 0.6) is 0 Å². The van der Waals surface area contributed by atoms with Crippen LogP contribution in [0.15, 0.2) is 65.3 Å². The quantitative estimate of drug-likeness (QED) is 0.801. The predicted molar refractivity (Wildman–Crippen MR) is 85.0 cm³/mol. The van der Waals surface area contributed by atoms with Gasteiger partial charge in [0, 0.05) is 11.8 Å². The van der Waals surface area contributed by atoms with Gasteiger partial charge >= 0.3 is 0 Å². The lowest BCUT2D eigenvalue weighted by atomic mass is 10.2. The molecule has 110 valence electrons. The van der Waals surface area contributed by atoms with Gasteiger partial charge < -0.3 is 10.2 Å². The number of aryl methyl sites for hydroxylation is 1. The van der Waals surface area contributed by atoms with Gasteiger partial charge in [0.15, 0.2) is 0 Å². The predicted octanol–water partition coefficient (Wildman–Crippen LogP) is 3.54. The Morgan fingerprint density at radius 3 is 2.50 bits per heavy atom. The molecule has 0 radical (unpaired) electrons. The second kappa shape index (κ2) is 5.73. The van der Waals surface area contributed by atoms with E-state index in [-0.39, 0.29) is 11.7 Å². The van der Waals surface area contributed by atoms with Crippen LogP contribution in [0.1, 0.15) is 16.1 Å². The van der Waals surface area contributed by atoms with E-state index in [0.29, 0.717) is 17.1 Å². The van der Waals surface area contributed by atoms with Crippen LogP contribution in [-0.4, -0.2) is 10.9 Å². The average Bonchev–Trinajstić information content (AvgIpc) is 3.02. The van der Waals surface area contributed by atoms with E-state index in [1.54, 1.807) is 24.3 Å². The third kappa shape index (κ3) is 2.56. The molecule has 0 spiro atoms. The van der Waals surface area contributed by atoms with Crippen LogP contribution in [0.4, 0.5) is 17.4 Å². The lowest BCUT2D eigenvalue weighted by Crippen LogP contribution is -2.26. The highest BCUT2D eigenvalue weighted by Gasteiger charge is 2.24. The molecule has 2 aromatic heterocycles. The van der Waals surface area contributed by atoms with Gasteiger partial charge in [-0.25, -0.2) is 9.88 Å². The Balaban J connectivity index is 2.08. The number of carbonyl (C=O) groups is 1. The van der Waals surface area contributed by atoms with Crippen LogP contribution in [-0.2, 0) is 0 Å². The molecule has 0 bridgehead atoms. The van der Waals surface area contributed by atoms with Gasteiger partial charge in [0.05, 0.1) is 17.5 Å². The number of anilines is 3. The molecule has 0 aliphatic rings. The summed E-state index contributed by atoms with van der Waals surface area (Å²) in [5.41, 5.74) is 7.70. The van der Waals surface area contributed by atoms with Gasteiger partial charge in [-0.2, -0.15) is 0 Å². The van der Waals surface area contributed by atoms with Crippen LogP contribution in [0.3, 0.4) is 0 Å². The van der Waals surface area contributed by atoms with Crippen molar-refractivity contribution < 1.29 is 9.21 Å². The first-order valence-corrected chi connectivity index (χ1v) is 6.83. The number of furan rings is 1. The Morgan fingerprint density at radius 2 is 1.86 bits per heavy atom. The highest BCUT2D eigenvalue weighted by Crippen LogP contribution is 2.28. The summed E-state index contributed by atoms with van der Waals surface area (Å²) >= 11 is 0. The van der Waals surface area contributed by atoms with Crippen molar-refractivity contribution in [3.05, 3.63) is 72.1 Å². The molecule has 0 saturated heterocycles. The molecule has 0 aliphatic heterocycles. The Bertz CT molecular complexity index is 783. The summed E-state index contributed by atoms with van der Waals surface area (Å²) in [5.74, 6) is 0.347. The minimum atomic E-state index is -0.286. The normalized spacial score (nSPS) is 10.4. The first kappa shape index (κ1) is 13.9. The molecule has 22 heavy (non-hydrogen) atoms. The summed E-state index contributed by atoms with van der Waals surface area (Å²) in [5, 5.41) is 0. The van der Waals surface area contributed by atoms with Gasteiger partial charge in [0.25, 0.3) is 5.91 Å². The van der Waals surface area contributed by atoms with Crippen LogP contribution < -0.4 is 10.6 Å². The molecular formula is C17H15N3O2. The van der Waals surface area contributed by atoms with Crippen molar-refractivity contribution >= 4 is 23.3 Å². The summed E-state index contributed by atoms with van der Waals surface area (Å²) < 4.78 is 5.40. The number of carbonyl (C=O) groups excluding carboxylic acids is 1. The first-order chi connectivity index (χ1) is 10.7. The Hall–Kier alpha value is -3.08. The van der Waals surface area contributed by atoms with E-state index in [9.17, 15) is 4.79 Å². The lowest BCUT2D eigenvalue weighted by Gasteiger charge is -2.20. The van der Waals surface area contributed by atoms with Crippen LogP contribution in [0, 0.1) is 6.92 Å². The number of rotatable bonds is 3. The van der Waals surface area contributed by atoms with Crippen molar-refractivity contribution in [2.75, 3.05) is 10.6 Å². The van der Waals surface area contributed by atoms with E-state index < -0.39 is 0 Å². The molecule has 5 heteroatoms. The topological polar surface area (TPSA) is 72.4 Å². The van der Waals surface area contributed by atoms with Gasteiger partial charge in [-0.15, -0.1) is 0 Å². The van der Waals surface area contributed by atoms with Gasteiger partial charge in [-0.1, -0.05) is 18.2 Å². The number of nitrogens with zero attached hydrogens (tertiary/aromatic N) is 2. The summed E-state index contributed by atoms with van der Waals surface area (Å²) in [4.78, 5) is 18.5. The zero-order valence-electron chi connectivity index (χ0n) is 12.1. The highest BCUT2D eigenvalue weighted by molar-refractivity contribution is 6.12. The van der Waals surface area contributed by atoms with E-state index in [1.807, 2.05) is 37.3 Å². The zero-order chi connectivity index (χ0) is 15.5. The van der Waals surface area contributed by atoms with E-state index in [1.165, 1.54) is 11.2 Å². The number of amides is 1. The fraction of sp³-hybridized carbons (Fsp3) is 0.0588. The third-order valence-corrected chi connectivity index (χ3v) is 3.24. The minimum Gasteiger partial charge on any atom is -0.448 e. The maximum absolute atomic E-state index is 12.9. The van der Waals surface area contributed by atoms with E-state index >= 15 is 0 Å². The molecule has 0 fully saturated rings. The molecular weight excluding hydrogens is 278 g/mol. The number of aromatic nitrogens is 1. The number of benzene rings is 1. The molecule has 0 unspecified atom stereocenters. The summed E-state index contributed by atoms with van der Waals surface area (Å²) in [6, 6.07) is 16.2. The molecule has 3 rings (SSSR count). The number of nitrogens with two attached hydrogens (primary N) is 1. The molecule has 1 aromatic carbocycles. The van der Waals surface area contributed by atoms with E-state index in [4.69, 9.17) is 10.2 Å². The number of hydrogen-bond acceptors (Lipinski definition) is 4. The SMILES string of the molecule is Cc1ccc(C(=O)N(c2ccccc2)c2ccco2)c(N)n1. The monoisotopic (exact) mass is 293 g/mol. The first-order valence-electron chi connectivity index (χ1n) is 6.83. The van der Waals surface area contributed by atoms with Gasteiger partial charge in [-0.05, 0) is 37.3 Å². The van der Waals surface area contributed by atoms with Crippen molar-refractivity contribution in [2.45, 2.75) is 6.92 Å². The zero-order valence-corrected chi connectivity index (χ0v) is 12.1. The number of hydrogen-bond donors (Lipinski definition) is 1. The minimum absolute atomic E-state index is 0.206. The highest BCUT2D eigenvalue weighted by atomic mass is 16.3. The smallest absolute Gasteiger partial charge is 0.268 e. The van der Waals surface area contributed by atoms with Crippen LogP contribution >= 0.6 is 0 Å². The number of nitrogen functional groups attached to an aromatic ring is 1. The molecule has 2 heterocycles. The fourth-order valence-corrected chi connectivity index (χ4v) is 2.20. The maximum Gasteiger partial charge on any atom is 0.268 e. The standard InChI is InChI=1S/C17H15N3O2/c1-12-9-10-14(16(18)19-12)17(21)20(15-8-5-11-22-15)13-6-3-2-4-7-13/h2-11H,1H3,(H2,18,19). The molecule has 5 nitrogen and oxygen atoms in total. The Kier molecular flexibility index (Phi) is 3.62. The van der Waals surface area contributed by atoms with Crippen molar-refractivity contribution in [3.8, 4) is 0 Å². The van der Waals surface area contributed by atoms with Gasteiger partial charge in [0.1, 0.15) is 5.82 Å². The van der Waals surface area contributed by atoms with E-state index in [2.05, 4.69) is 4.98 Å². The molecule has 0 atom stereocenters. The molecule has 1 amide bonds. The van der Waals surface area contributed by atoms with Crippen LogP contribution in [0.25, 0.3) is 0 Å². The van der Waals surface area contributed by atoms with Gasteiger partial charge in [0.2, 0.25) is 5.88 Å². The van der Waals surface area contributed by atoms with Crippen molar-refractivity contribution in [3.63, 3.8) is 0 Å². The van der Waals surface area contributed by atoms with Crippen molar-refractivity contribution in [1.82, 2.24) is 4.98 Å². The lowest BCUT2D eigenvalue weighted by molar-refractivity contribution is 0.0996. The summed E-state index contributed by atoms with van der Waals surface area (Å²) in [6.07, 6.45) is 1.52. The number of para-hydroxylation sites is 1. The fourth-order valence-electron chi connectivity index (χ4n) is 2.20. The summed E-state index contributed by atoms with van der Waals surface area (Å²) in [6.45, 7) is 1.83. The average molecular weight is 293 g/mol. The van der Waals surface area contributed by atoms with E-state index in [0.717, 1.165) is 5.69 Å². The second-order valence-electron chi connectivity index (χ2n) is 4.81. The third-order valence-electron chi connectivity index (χ3n) is 3.24.